The van der Waals surface area contributed by atoms with Gasteiger partial charge in [0.25, 0.3) is 0 Å². The first-order chi connectivity index (χ1) is 8.58. The highest BCUT2D eigenvalue weighted by atomic mass is 35.5. The lowest BCUT2D eigenvalue weighted by atomic mass is 10.1. The predicted molar refractivity (Wildman–Crippen MR) is 80.0 cm³/mol. The molecule has 0 heterocycles. The van der Waals surface area contributed by atoms with Crippen molar-refractivity contribution in [1.82, 2.24) is 5.32 Å². The van der Waals surface area contributed by atoms with Crippen LogP contribution in [0.15, 0.2) is 18.2 Å². The van der Waals surface area contributed by atoms with E-state index in [1.54, 1.807) is 12.1 Å². The van der Waals surface area contributed by atoms with Gasteiger partial charge in [-0.25, -0.2) is 4.39 Å². The smallest absolute Gasteiger partial charge is 0.129 e. The average Bonchev–Trinajstić information content (AvgIpc) is 2.34. The van der Waals surface area contributed by atoms with E-state index in [1.807, 2.05) is 18.7 Å². The third-order valence-corrected chi connectivity index (χ3v) is 4.57. The summed E-state index contributed by atoms with van der Waals surface area (Å²) < 4.78 is 13.9. The molecule has 0 radical (unpaired) electrons. The third kappa shape index (κ3) is 4.79. The van der Waals surface area contributed by atoms with E-state index in [0.717, 1.165) is 18.7 Å². The summed E-state index contributed by atoms with van der Waals surface area (Å²) in [6, 6.07) is 4.96. The molecule has 1 nitrogen and oxygen atoms in total. The fraction of sp³-hybridized carbons (Fsp3) is 0.571. The number of benzene rings is 1. The van der Waals surface area contributed by atoms with Crippen LogP contribution < -0.4 is 5.32 Å². The second-order valence-electron chi connectivity index (χ2n) is 4.33. The lowest BCUT2D eigenvalue weighted by molar-refractivity contribution is 0.545. The molecule has 0 saturated heterocycles. The first-order valence-electron chi connectivity index (χ1n) is 6.38. The van der Waals surface area contributed by atoms with Crippen molar-refractivity contribution < 1.29 is 4.39 Å². The van der Waals surface area contributed by atoms with Crippen molar-refractivity contribution in [2.24, 2.45) is 0 Å². The second kappa shape index (κ2) is 8.03. The van der Waals surface area contributed by atoms with Crippen LogP contribution in [0.3, 0.4) is 0 Å². The number of thioether (sulfide) groups is 1. The molecule has 2 unspecified atom stereocenters. The van der Waals surface area contributed by atoms with Crippen LogP contribution in [0.25, 0.3) is 0 Å². The fourth-order valence-corrected chi connectivity index (χ4v) is 2.88. The summed E-state index contributed by atoms with van der Waals surface area (Å²) in [6.07, 6.45) is 1.13. The minimum Gasteiger partial charge on any atom is -0.309 e. The summed E-state index contributed by atoms with van der Waals surface area (Å²) in [5.74, 6) is 0.653. The molecule has 1 aromatic rings. The van der Waals surface area contributed by atoms with Crippen molar-refractivity contribution in [1.29, 1.82) is 0 Å². The average molecular weight is 290 g/mol. The largest absolute Gasteiger partial charge is 0.309 e. The Morgan fingerprint density at radius 3 is 2.67 bits per heavy atom. The summed E-state index contributed by atoms with van der Waals surface area (Å²) in [5, 5.41) is 4.38. The number of halogens is 2. The molecule has 102 valence electrons. The molecule has 4 heteroatoms. The van der Waals surface area contributed by atoms with Gasteiger partial charge in [0.05, 0.1) is 0 Å². The van der Waals surface area contributed by atoms with Gasteiger partial charge in [-0.15, -0.1) is 0 Å². The lowest BCUT2D eigenvalue weighted by Crippen LogP contribution is -2.24. The lowest BCUT2D eigenvalue weighted by Gasteiger charge is -2.20. The van der Waals surface area contributed by atoms with Crippen molar-refractivity contribution in [3.05, 3.63) is 34.6 Å². The van der Waals surface area contributed by atoms with Gasteiger partial charge in [-0.05, 0) is 25.1 Å². The zero-order valence-corrected chi connectivity index (χ0v) is 12.7. The van der Waals surface area contributed by atoms with Crippen LogP contribution in [0.4, 0.5) is 4.39 Å². The molecule has 0 aliphatic heterocycles. The summed E-state index contributed by atoms with van der Waals surface area (Å²) in [5.41, 5.74) is 0.706. The van der Waals surface area contributed by atoms with Gasteiger partial charge < -0.3 is 5.32 Å². The van der Waals surface area contributed by atoms with Crippen molar-refractivity contribution in [3.63, 3.8) is 0 Å². The van der Waals surface area contributed by atoms with E-state index < -0.39 is 0 Å². The maximum atomic E-state index is 13.9. The first kappa shape index (κ1) is 15.8. The molecule has 0 saturated carbocycles. The van der Waals surface area contributed by atoms with E-state index in [1.165, 1.54) is 6.07 Å². The fourth-order valence-electron chi connectivity index (χ4n) is 1.67. The van der Waals surface area contributed by atoms with Crippen LogP contribution in [0.2, 0.25) is 5.02 Å². The van der Waals surface area contributed by atoms with Gasteiger partial charge in [0.1, 0.15) is 5.82 Å². The molecular formula is C14H21ClFNS. The highest BCUT2D eigenvalue weighted by Crippen LogP contribution is 2.26. The van der Waals surface area contributed by atoms with E-state index in [4.69, 9.17) is 11.6 Å². The molecule has 1 aromatic carbocycles. The number of hydrogen-bond donors (Lipinski definition) is 1. The van der Waals surface area contributed by atoms with Gasteiger partial charge in [0, 0.05) is 27.6 Å². The van der Waals surface area contributed by atoms with Crippen LogP contribution in [-0.4, -0.2) is 17.5 Å². The van der Waals surface area contributed by atoms with Crippen LogP contribution in [-0.2, 0) is 0 Å². The van der Waals surface area contributed by atoms with Crippen molar-refractivity contribution in [2.45, 2.75) is 38.5 Å². The monoisotopic (exact) mass is 289 g/mol. The Hall–Kier alpha value is -0.250. The van der Waals surface area contributed by atoms with Crippen molar-refractivity contribution >= 4 is 23.4 Å². The van der Waals surface area contributed by atoms with Crippen LogP contribution in [0, 0.1) is 5.82 Å². The summed E-state index contributed by atoms with van der Waals surface area (Å²) in [6.45, 7) is 7.23. The topological polar surface area (TPSA) is 12.0 Å². The summed E-state index contributed by atoms with van der Waals surface area (Å²) in [4.78, 5) is 0. The highest BCUT2D eigenvalue weighted by molar-refractivity contribution is 7.99. The minimum absolute atomic E-state index is 0.0475. The summed E-state index contributed by atoms with van der Waals surface area (Å²) in [7, 11) is 0. The van der Waals surface area contributed by atoms with E-state index in [9.17, 15) is 4.39 Å². The van der Waals surface area contributed by atoms with Gasteiger partial charge in [0.15, 0.2) is 0 Å². The number of nitrogens with one attached hydrogen (secondary N) is 1. The zero-order chi connectivity index (χ0) is 13.5. The van der Waals surface area contributed by atoms with Gasteiger partial charge in [-0.1, -0.05) is 38.4 Å². The molecule has 0 aliphatic rings. The van der Waals surface area contributed by atoms with Gasteiger partial charge in [-0.2, -0.15) is 11.8 Å². The standard InChI is InChI=1S/C14H21ClFNS/c1-4-10(3)18-9-14(17-5-2)12-7-6-11(15)8-13(12)16/h6-8,10,14,17H,4-5,9H2,1-3H3. The van der Waals surface area contributed by atoms with E-state index >= 15 is 0 Å². The van der Waals surface area contributed by atoms with Gasteiger partial charge >= 0.3 is 0 Å². The molecule has 0 aromatic heterocycles. The minimum atomic E-state index is -0.224. The third-order valence-electron chi connectivity index (χ3n) is 2.91. The number of rotatable bonds is 7. The molecule has 18 heavy (non-hydrogen) atoms. The molecule has 0 spiro atoms. The maximum absolute atomic E-state index is 13.9. The van der Waals surface area contributed by atoms with E-state index in [0.29, 0.717) is 15.8 Å². The molecule has 0 amide bonds. The first-order valence-corrected chi connectivity index (χ1v) is 7.81. The Kier molecular flexibility index (Phi) is 7.05. The van der Waals surface area contributed by atoms with Crippen LogP contribution in [0.5, 0.6) is 0 Å². The van der Waals surface area contributed by atoms with Crippen LogP contribution >= 0.6 is 23.4 Å². The molecule has 0 bridgehead atoms. The molecule has 0 aliphatic carbocycles. The Labute approximate surface area is 118 Å². The van der Waals surface area contributed by atoms with Crippen molar-refractivity contribution in [2.75, 3.05) is 12.3 Å². The van der Waals surface area contributed by atoms with E-state index in [-0.39, 0.29) is 11.9 Å². The highest BCUT2D eigenvalue weighted by Gasteiger charge is 2.16. The van der Waals surface area contributed by atoms with Gasteiger partial charge in [-0.3, -0.25) is 0 Å². The Morgan fingerprint density at radius 1 is 1.39 bits per heavy atom. The van der Waals surface area contributed by atoms with Crippen molar-refractivity contribution in [3.8, 4) is 0 Å². The van der Waals surface area contributed by atoms with Gasteiger partial charge in [0.2, 0.25) is 0 Å². The van der Waals surface area contributed by atoms with E-state index in [2.05, 4.69) is 19.2 Å². The predicted octanol–water partition coefficient (Wildman–Crippen LogP) is 4.66. The quantitative estimate of drug-likeness (QED) is 0.783. The number of hydrogen-bond acceptors (Lipinski definition) is 2. The molecular weight excluding hydrogens is 269 g/mol. The Morgan fingerprint density at radius 2 is 2.11 bits per heavy atom. The Bertz CT molecular complexity index is 373. The molecule has 1 N–H and O–H groups in total. The molecule has 1 rings (SSSR count). The second-order valence-corrected chi connectivity index (χ2v) is 6.24. The molecule has 0 fully saturated rings. The molecule has 2 atom stereocenters. The maximum Gasteiger partial charge on any atom is 0.129 e. The SMILES string of the molecule is CCNC(CSC(C)CC)c1ccc(Cl)cc1F. The Balaban J connectivity index is 2.76. The normalized spacial score (nSPS) is 14.5. The summed E-state index contributed by atoms with van der Waals surface area (Å²) >= 11 is 7.65. The zero-order valence-electron chi connectivity index (χ0n) is 11.2. The van der Waals surface area contributed by atoms with Crippen LogP contribution in [0.1, 0.15) is 38.8 Å².